The Morgan fingerprint density at radius 1 is 0.265 bits per heavy atom. The fraction of sp³-hybridized carbons (Fsp3) is 0.151. The lowest BCUT2D eigenvalue weighted by molar-refractivity contribution is 0.590. The molecule has 2 aliphatic rings. The highest BCUT2D eigenvalue weighted by Gasteiger charge is 2.47. The summed E-state index contributed by atoms with van der Waals surface area (Å²) >= 11 is 0. The first kappa shape index (κ1) is 63.7. The highest BCUT2D eigenvalue weighted by molar-refractivity contribution is 7.00. The van der Waals surface area contributed by atoms with Crippen molar-refractivity contribution in [2.45, 2.75) is 105 Å². The third-order valence-corrected chi connectivity index (χ3v) is 23.3. The zero-order valence-corrected chi connectivity index (χ0v) is 67.5. The van der Waals surface area contributed by atoms with Crippen LogP contribution in [0.25, 0.3) is 134 Å². The minimum Gasteiger partial charge on any atom is -0.311 e. The van der Waals surface area contributed by atoms with Crippen molar-refractivity contribution in [3.63, 3.8) is 0 Å². The fourth-order valence-corrected chi connectivity index (χ4v) is 17.1. The van der Waals surface area contributed by atoms with E-state index in [2.05, 4.69) is 219 Å². The van der Waals surface area contributed by atoms with Crippen LogP contribution in [0.5, 0.6) is 0 Å². The summed E-state index contributed by atoms with van der Waals surface area (Å²) in [5.74, 6) is 2.29. The van der Waals surface area contributed by atoms with Gasteiger partial charge in [-0.2, -0.15) is 0 Å². The zero-order valence-electron chi connectivity index (χ0n) is 75.5. The lowest BCUT2D eigenvalue weighted by atomic mass is 9.33. The molecule has 18 aromatic rings. The summed E-state index contributed by atoms with van der Waals surface area (Å²) in [5, 5.41) is 2.22. The first-order valence-corrected chi connectivity index (χ1v) is 40.1. The maximum absolute atomic E-state index is 10.0. The summed E-state index contributed by atoms with van der Waals surface area (Å²) in [6.07, 6.45) is 0. The minimum absolute atomic E-state index is 0.0227. The van der Waals surface area contributed by atoms with Gasteiger partial charge in [-0.25, -0.2) is 29.9 Å². The average molecular weight is 1520 g/mol. The van der Waals surface area contributed by atoms with Crippen molar-refractivity contribution >= 4 is 101 Å². The van der Waals surface area contributed by atoms with Crippen LogP contribution in [-0.2, 0) is 21.7 Å². The Labute approximate surface area is 695 Å². The summed E-state index contributed by atoms with van der Waals surface area (Å²) in [4.78, 5) is 37.9. The normalized spacial score (nSPS) is 13.9. The molecule has 14 aromatic carbocycles. The van der Waals surface area contributed by atoms with E-state index in [9.17, 15) is 11.0 Å². The van der Waals surface area contributed by atoms with Crippen LogP contribution in [0.15, 0.2) is 321 Å². The van der Waals surface area contributed by atoms with Crippen LogP contribution >= 0.6 is 0 Å². The number of para-hydroxylation sites is 3. The summed E-state index contributed by atoms with van der Waals surface area (Å²) in [7, 11) is 0. The molecule has 0 saturated carbocycles. The topological polar surface area (TPSA) is 93.7 Å². The Morgan fingerprint density at radius 3 is 1.04 bits per heavy atom. The molecule has 0 bridgehead atoms. The van der Waals surface area contributed by atoms with E-state index in [1.165, 1.54) is 11.1 Å². The first-order valence-electron chi connectivity index (χ1n) is 44.1. The monoisotopic (exact) mass is 1520 g/mol. The number of aromatic nitrogens is 8. The molecule has 0 spiro atoms. The van der Waals surface area contributed by atoms with Gasteiger partial charge in [0.2, 0.25) is 0 Å². The van der Waals surface area contributed by atoms with E-state index in [1.807, 2.05) is 152 Å². The van der Waals surface area contributed by atoms with E-state index in [0.717, 1.165) is 111 Å². The maximum atomic E-state index is 10.0. The quantitative estimate of drug-likeness (QED) is 0.118. The summed E-state index contributed by atoms with van der Waals surface area (Å²) in [6.45, 7) is 26.5. The van der Waals surface area contributed by atoms with Gasteiger partial charge < -0.3 is 18.9 Å². The smallest absolute Gasteiger partial charge is 0.252 e. The van der Waals surface area contributed by atoms with Crippen LogP contribution in [0.1, 0.15) is 116 Å². The Morgan fingerprint density at radius 2 is 0.624 bits per heavy atom. The highest BCUT2D eigenvalue weighted by Crippen LogP contribution is 2.54. The van der Waals surface area contributed by atoms with Crippen LogP contribution in [0, 0.1) is 0 Å². The van der Waals surface area contributed by atoms with Gasteiger partial charge in [-0.05, 0) is 163 Å². The minimum atomic E-state index is -0.619. The van der Waals surface area contributed by atoms with Gasteiger partial charge in [0, 0.05) is 94.6 Å². The number of nitrogens with zero attached hydrogens (tertiary/aromatic N) is 10. The molecule has 4 aromatic heterocycles. The summed E-state index contributed by atoms with van der Waals surface area (Å²) < 4.78 is 80.9. The molecular weight excluding hydrogens is 1420 g/mol. The molecular formula is C106H89BN10. The molecule has 11 heteroatoms. The predicted octanol–water partition coefficient (Wildman–Crippen LogP) is 25.2. The Kier molecular flexibility index (Phi) is 15.0. The fourth-order valence-electron chi connectivity index (χ4n) is 17.1. The number of benzene rings is 14. The van der Waals surface area contributed by atoms with Crippen LogP contribution in [0.3, 0.4) is 0 Å². The van der Waals surface area contributed by atoms with Crippen molar-refractivity contribution < 1.29 is 11.0 Å². The number of fused-ring (bicyclic) bond motifs is 10. The van der Waals surface area contributed by atoms with E-state index >= 15 is 0 Å². The summed E-state index contributed by atoms with van der Waals surface area (Å²) in [5.41, 5.74) is 20.3. The standard InChI is InChI=1S/C106H89BN10/c1-103(2,3)71-49-56-88(81(59-71)66-33-18-13-19-34-66)116-91-64-75(115-89-57-50-72(104(4,5)6)60-82(89)83-61-73(105(7,8)9)51-58-90(83)115)52-54-84(91)107-85-55-53-76(114-86-47-30-28-43-77(86)78-44-29-31-48-87(78)114)65-92(85)117(94-63-74(106(10,11)12)62-93(116)95(94)107)96-79(101-110-97(67-35-20-14-21-36-67)108-98(111-101)68-37-22-15-23-38-68)45-32-46-80(96)102-112-99(69-39-24-16-25-40-69)109-100(113-102)70-41-26-17-27-42-70/h13-65H,1-12H3/i28D,29D,30D,31D,43D,44D,47D,48D. The predicted molar refractivity (Wildman–Crippen MR) is 489 cm³/mol. The van der Waals surface area contributed by atoms with Crippen molar-refractivity contribution in [2.24, 2.45) is 0 Å². The van der Waals surface area contributed by atoms with Gasteiger partial charge in [0.1, 0.15) is 0 Å². The molecule has 0 atom stereocenters. The molecule has 0 amide bonds. The van der Waals surface area contributed by atoms with E-state index in [4.69, 9.17) is 29.9 Å². The van der Waals surface area contributed by atoms with E-state index in [-0.39, 0.29) is 38.1 Å². The number of anilines is 6. The van der Waals surface area contributed by atoms with Gasteiger partial charge in [0.15, 0.2) is 34.9 Å². The molecule has 0 aliphatic carbocycles. The second-order valence-electron chi connectivity index (χ2n) is 35.0. The van der Waals surface area contributed by atoms with Gasteiger partial charge >= 0.3 is 0 Å². The Balaban J connectivity index is 0.980. The van der Waals surface area contributed by atoms with Gasteiger partial charge in [0.25, 0.3) is 6.71 Å². The van der Waals surface area contributed by atoms with Crippen molar-refractivity contribution in [3.8, 4) is 90.8 Å². The molecule has 10 nitrogen and oxygen atoms in total. The van der Waals surface area contributed by atoms with Gasteiger partial charge in [-0.3, -0.25) is 0 Å². The molecule has 0 fully saturated rings. The molecule has 6 heterocycles. The second kappa shape index (κ2) is 27.6. The average Bonchev–Trinajstić information content (AvgIpc) is 1.60. The number of hydrogen-bond donors (Lipinski definition) is 0. The van der Waals surface area contributed by atoms with E-state index in [0.29, 0.717) is 63.1 Å². The Hall–Kier alpha value is -13.6. The number of rotatable bonds is 11. The van der Waals surface area contributed by atoms with Crippen molar-refractivity contribution in [1.82, 2.24) is 39.0 Å². The van der Waals surface area contributed by atoms with Gasteiger partial charge in [0.05, 0.1) is 44.4 Å². The molecule has 2 aliphatic heterocycles. The van der Waals surface area contributed by atoms with Crippen LogP contribution in [0.4, 0.5) is 34.1 Å². The molecule has 566 valence electrons. The van der Waals surface area contributed by atoms with Crippen LogP contribution in [-0.4, -0.2) is 45.8 Å². The van der Waals surface area contributed by atoms with E-state index < -0.39 is 60.5 Å². The highest BCUT2D eigenvalue weighted by atomic mass is 15.2. The molecule has 117 heavy (non-hydrogen) atoms. The lowest BCUT2D eigenvalue weighted by Crippen LogP contribution is -2.61. The third-order valence-electron chi connectivity index (χ3n) is 23.3. The van der Waals surface area contributed by atoms with Gasteiger partial charge in [-0.1, -0.05) is 307 Å². The largest absolute Gasteiger partial charge is 0.311 e. The molecule has 0 N–H and O–H groups in total. The van der Waals surface area contributed by atoms with E-state index in [1.54, 1.807) is 4.57 Å². The first-order chi connectivity index (χ1) is 59.9. The van der Waals surface area contributed by atoms with Crippen molar-refractivity contribution in [1.29, 1.82) is 0 Å². The zero-order chi connectivity index (χ0) is 86.9. The van der Waals surface area contributed by atoms with Gasteiger partial charge in [-0.15, -0.1) is 0 Å². The van der Waals surface area contributed by atoms with Crippen molar-refractivity contribution in [3.05, 3.63) is 344 Å². The number of hydrogen-bond acceptors (Lipinski definition) is 8. The van der Waals surface area contributed by atoms with Crippen LogP contribution in [0.2, 0.25) is 0 Å². The lowest BCUT2D eigenvalue weighted by Gasteiger charge is -2.46. The van der Waals surface area contributed by atoms with Crippen molar-refractivity contribution in [2.75, 3.05) is 9.80 Å². The third kappa shape index (κ3) is 12.5. The maximum Gasteiger partial charge on any atom is 0.252 e. The molecule has 0 radical (unpaired) electrons. The molecule has 20 rings (SSSR count). The molecule has 0 unspecified atom stereocenters. The van der Waals surface area contributed by atoms with Crippen LogP contribution < -0.4 is 26.2 Å². The summed E-state index contributed by atoms with van der Waals surface area (Å²) in [6, 6.07) is 91.2. The molecule has 0 saturated heterocycles. The second-order valence-corrected chi connectivity index (χ2v) is 35.0. The SMILES string of the molecule is [2H]c1c([2H])c([2H])c2c(c1[2H])c1c([2H])c([2H])c([2H])c([2H])c1n2-c1ccc2c(c1)N(c1c(-c3nc(-c4ccccc4)nc(-c4ccccc4)n3)cccc1-c1nc(-c3ccccc3)nc(-c3ccccc3)n1)c1cc(C(C)(C)C)cc3c1B2c1ccc(-n2c4ccc(C(C)(C)C)cc4c4cc(C(C)(C)C)ccc42)cc1N3c1ccc(C(C)(C)C)cc1-c1ccccc1. The Bertz CT molecular complexity index is 7090.